The number of anilines is 1. The Morgan fingerprint density at radius 3 is 2.69 bits per heavy atom. The van der Waals surface area contributed by atoms with Crippen molar-refractivity contribution >= 4 is 5.82 Å². The van der Waals surface area contributed by atoms with Crippen LogP contribution in [0.3, 0.4) is 0 Å². The minimum atomic E-state index is -0.106. The Balaban J connectivity index is 2.03. The first-order chi connectivity index (χ1) is 7.81. The molecule has 4 heteroatoms. The number of pyridine rings is 1. The fourth-order valence-corrected chi connectivity index (χ4v) is 2.06. The Hall–Kier alpha value is -1.13. The zero-order valence-corrected chi connectivity index (χ0v) is 9.47. The monoisotopic (exact) mass is 221 g/mol. The average molecular weight is 221 g/mol. The number of hydrogen-bond donors (Lipinski definition) is 2. The topological polar surface area (TPSA) is 62.4 Å². The largest absolute Gasteiger partial charge is 0.396 e. The van der Waals surface area contributed by atoms with Gasteiger partial charge >= 0.3 is 0 Å². The summed E-state index contributed by atoms with van der Waals surface area (Å²) in [4.78, 5) is 6.72. The molecule has 0 saturated carbocycles. The Bertz CT molecular complexity index is 320. The summed E-state index contributed by atoms with van der Waals surface area (Å²) in [6.07, 6.45) is 4.93. The van der Waals surface area contributed by atoms with Crippen LogP contribution in [0, 0.1) is 0 Å². The summed E-state index contributed by atoms with van der Waals surface area (Å²) < 4.78 is 0. The summed E-state index contributed by atoms with van der Waals surface area (Å²) in [7, 11) is 0. The molecule has 1 atom stereocenters. The quantitative estimate of drug-likeness (QED) is 0.798. The molecule has 1 aromatic rings. The van der Waals surface area contributed by atoms with Gasteiger partial charge in [0, 0.05) is 31.9 Å². The molecule has 0 bridgehead atoms. The molecule has 16 heavy (non-hydrogen) atoms. The third kappa shape index (κ3) is 2.51. The zero-order chi connectivity index (χ0) is 11.4. The molecule has 0 radical (unpaired) electrons. The third-order valence-corrected chi connectivity index (χ3v) is 3.07. The van der Waals surface area contributed by atoms with Crippen LogP contribution in [0.4, 0.5) is 5.82 Å². The van der Waals surface area contributed by atoms with Crippen LogP contribution in [-0.2, 0) is 0 Å². The second-order valence-corrected chi connectivity index (χ2v) is 4.26. The number of aliphatic hydroxyl groups is 1. The first-order valence-corrected chi connectivity index (χ1v) is 5.88. The standard InChI is InChI=1S/C12H19N3O/c13-11(5-8-16)10-3-4-12(14-9-10)15-6-1-2-7-15/h3-4,9,11,16H,1-2,5-8,13H2. The van der Waals surface area contributed by atoms with E-state index in [9.17, 15) is 0 Å². The number of rotatable bonds is 4. The lowest BCUT2D eigenvalue weighted by atomic mass is 10.1. The van der Waals surface area contributed by atoms with Crippen LogP contribution in [0.15, 0.2) is 18.3 Å². The van der Waals surface area contributed by atoms with Gasteiger partial charge in [0.25, 0.3) is 0 Å². The minimum Gasteiger partial charge on any atom is -0.396 e. The maximum absolute atomic E-state index is 8.82. The first-order valence-electron chi connectivity index (χ1n) is 5.88. The van der Waals surface area contributed by atoms with Crippen LogP contribution >= 0.6 is 0 Å². The smallest absolute Gasteiger partial charge is 0.128 e. The molecule has 1 aliphatic rings. The highest BCUT2D eigenvalue weighted by molar-refractivity contribution is 5.40. The summed E-state index contributed by atoms with van der Waals surface area (Å²) >= 11 is 0. The second-order valence-electron chi connectivity index (χ2n) is 4.26. The Kier molecular flexibility index (Phi) is 3.74. The van der Waals surface area contributed by atoms with Gasteiger partial charge in [-0.05, 0) is 30.9 Å². The third-order valence-electron chi connectivity index (χ3n) is 3.07. The minimum absolute atomic E-state index is 0.106. The van der Waals surface area contributed by atoms with Crippen LogP contribution in [0.2, 0.25) is 0 Å². The predicted octanol–water partition coefficient (Wildman–Crippen LogP) is 1.06. The molecule has 88 valence electrons. The van der Waals surface area contributed by atoms with E-state index in [0.717, 1.165) is 24.5 Å². The molecule has 0 aromatic carbocycles. The molecule has 2 heterocycles. The van der Waals surface area contributed by atoms with Gasteiger partial charge in [-0.2, -0.15) is 0 Å². The summed E-state index contributed by atoms with van der Waals surface area (Å²) in [6, 6.07) is 3.93. The lowest BCUT2D eigenvalue weighted by molar-refractivity contribution is 0.276. The van der Waals surface area contributed by atoms with E-state index in [2.05, 4.69) is 9.88 Å². The second kappa shape index (κ2) is 5.27. The summed E-state index contributed by atoms with van der Waals surface area (Å²) in [5.41, 5.74) is 6.89. The van der Waals surface area contributed by atoms with Crippen LogP contribution in [0.5, 0.6) is 0 Å². The normalized spacial score (nSPS) is 17.8. The molecule has 0 aliphatic carbocycles. The van der Waals surface area contributed by atoms with Crippen molar-refractivity contribution in [1.82, 2.24) is 4.98 Å². The number of aliphatic hydroxyl groups excluding tert-OH is 1. The summed E-state index contributed by atoms with van der Waals surface area (Å²) in [5, 5.41) is 8.82. The van der Waals surface area contributed by atoms with Gasteiger partial charge in [0.05, 0.1) is 0 Å². The molecular weight excluding hydrogens is 202 g/mol. The van der Waals surface area contributed by atoms with Crippen LogP contribution < -0.4 is 10.6 Å². The van der Waals surface area contributed by atoms with Crippen molar-refractivity contribution in [3.63, 3.8) is 0 Å². The fourth-order valence-electron chi connectivity index (χ4n) is 2.06. The van der Waals surface area contributed by atoms with E-state index in [0.29, 0.717) is 6.42 Å². The van der Waals surface area contributed by atoms with Gasteiger partial charge in [-0.3, -0.25) is 0 Å². The lowest BCUT2D eigenvalue weighted by Gasteiger charge is -2.17. The molecule has 1 aliphatic heterocycles. The SMILES string of the molecule is NC(CCO)c1ccc(N2CCCC2)nc1. The van der Waals surface area contributed by atoms with Gasteiger partial charge < -0.3 is 15.7 Å². The van der Waals surface area contributed by atoms with Crippen molar-refractivity contribution in [3.05, 3.63) is 23.9 Å². The van der Waals surface area contributed by atoms with E-state index >= 15 is 0 Å². The van der Waals surface area contributed by atoms with E-state index in [-0.39, 0.29) is 12.6 Å². The van der Waals surface area contributed by atoms with Gasteiger partial charge in [0.15, 0.2) is 0 Å². The molecule has 1 aromatic heterocycles. The molecular formula is C12H19N3O. The highest BCUT2D eigenvalue weighted by Gasteiger charge is 2.13. The fraction of sp³-hybridized carbons (Fsp3) is 0.583. The Morgan fingerprint density at radius 2 is 2.12 bits per heavy atom. The molecule has 1 unspecified atom stereocenters. The summed E-state index contributed by atoms with van der Waals surface area (Å²) in [5.74, 6) is 1.04. The molecule has 1 fully saturated rings. The maximum atomic E-state index is 8.82. The maximum Gasteiger partial charge on any atom is 0.128 e. The van der Waals surface area contributed by atoms with E-state index in [1.54, 1.807) is 0 Å². The van der Waals surface area contributed by atoms with Gasteiger partial charge in [0.1, 0.15) is 5.82 Å². The average Bonchev–Trinajstić information content (AvgIpc) is 2.83. The van der Waals surface area contributed by atoms with Crippen molar-refractivity contribution in [3.8, 4) is 0 Å². The molecule has 0 spiro atoms. The van der Waals surface area contributed by atoms with E-state index in [1.165, 1.54) is 12.8 Å². The molecule has 2 rings (SSSR count). The van der Waals surface area contributed by atoms with Crippen LogP contribution in [-0.4, -0.2) is 29.8 Å². The lowest BCUT2D eigenvalue weighted by Crippen LogP contribution is -2.19. The molecule has 0 amide bonds. The number of nitrogens with two attached hydrogens (primary N) is 1. The van der Waals surface area contributed by atoms with E-state index < -0.39 is 0 Å². The zero-order valence-electron chi connectivity index (χ0n) is 9.47. The van der Waals surface area contributed by atoms with Gasteiger partial charge in [-0.25, -0.2) is 4.98 Å². The molecule has 3 N–H and O–H groups in total. The molecule has 4 nitrogen and oxygen atoms in total. The number of nitrogens with zero attached hydrogens (tertiary/aromatic N) is 2. The van der Waals surface area contributed by atoms with Crippen molar-refractivity contribution in [2.24, 2.45) is 5.73 Å². The first kappa shape index (κ1) is 11.4. The number of aromatic nitrogens is 1. The Labute approximate surface area is 96.1 Å². The summed E-state index contributed by atoms with van der Waals surface area (Å²) in [6.45, 7) is 2.33. The van der Waals surface area contributed by atoms with Crippen molar-refractivity contribution in [2.45, 2.75) is 25.3 Å². The van der Waals surface area contributed by atoms with E-state index in [4.69, 9.17) is 10.8 Å². The van der Waals surface area contributed by atoms with Gasteiger partial charge in [0.2, 0.25) is 0 Å². The van der Waals surface area contributed by atoms with Crippen molar-refractivity contribution < 1.29 is 5.11 Å². The van der Waals surface area contributed by atoms with Crippen LogP contribution in [0.1, 0.15) is 30.9 Å². The number of hydrogen-bond acceptors (Lipinski definition) is 4. The molecule has 1 saturated heterocycles. The van der Waals surface area contributed by atoms with Gasteiger partial charge in [-0.1, -0.05) is 6.07 Å². The highest BCUT2D eigenvalue weighted by atomic mass is 16.3. The predicted molar refractivity (Wildman–Crippen MR) is 64.3 cm³/mol. The van der Waals surface area contributed by atoms with Crippen molar-refractivity contribution in [2.75, 3.05) is 24.6 Å². The van der Waals surface area contributed by atoms with Gasteiger partial charge in [-0.15, -0.1) is 0 Å². The highest BCUT2D eigenvalue weighted by Crippen LogP contribution is 2.20. The van der Waals surface area contributed by atoms with Crippen LogP contribution in [0.25, 0.3) is 0 Å². The van der Waals surface area contributed by atoms with Crippen molar-refractivity contribution in [1.29, 1.82) is 0 Å². The Morgan fingerprint density at radius 1 is 1.38 bits per heavy atom. The van der Waals surface area contributed by atoms with E-state index in [1.807, 2.05) is 18.3 Å².